The van der Waals surface area contributed by atoms with Gasteiger partial charge in [-0.3, -0.25) is 4.79 Å². The van der Waals surface area contributed by atoms with Gasteiger partial charge in [-0.1, -0.05) is 6.92 Å². The molecule has 1 saturated carbocycles. The zero-order valence-electron chi connectivity index (χ0n) is 8.25. The third kappa shape index (κ3) is 1.87. The van der Waals surface area contributed by atoms with Crippen LogP contribution in [-0.4, -0.2) is 28.6 Å². The van der Waals surface area contributed by atoms with Crippen LogP contribution in [0.3, 0.4) is 0 Å². The number of carbonyl (C=O) groups excluding carboxylic acids is 1. The molecule has 1 amide bonds. The second-order valence-corrected chi connectivity index (χ2v) is 3.74. The first-order valence-corrected chi connectivity index (χ1v) is 4.83. The molecule has 1 rings (SSSR count). The van der Waals surface area contributed by atoms with E-state index in [-0.39, 0.29) is 5.91 Å². The second kappa shape index (κ2) is 3.96. The smallest absolute Gasteiger partial charge is 0.329 e. The molecule has 0 aromatic rings. The number of aliphatic carboxylic acids is 1. The van der Waals surface area contributed by atoms with E-state index in [0.717, 1.165) is 6.42 Å². The molecule has 4 N–H and O–H groups in total. The minimum atomic E-state index is -1.04. The zero-order valence-corrected chi connectivity index (χ0v) is 8.25. The van der Waals surface area contributed by atoms with Gasteiger partial charge in [0.2, 0.25) is 5.91 Å². The number of nitrogens with two attached hydrogens (primary N) is 1. The lowest BCUT2D eigenvalue weighted by molar-refractivity contribution is -0.152. The standard InChI is InChI=1S/C9H16N2O3/c1-2-6(10)7(12)11-9(8(13)14)4-3-5-9/h6H,2-5,10H2,1H3,(H,11,12)(H,13,14)/t6-/m0/s1. The molecule has 0 spiro atoms. The minimum Gasteiger partial charge on any atom is -0.480 e. The van der Waals surface area contributed by atoms with Crippen LogP contribution >= 0.6 is 0 Å². The Kier molecular flexibility index (Phi) is 3.10. The highest BCUT2D eigenvalue weighted by Gasteiger charge is 2.46. The largest absolute Gasteiger partial charge is 0.480 e. The quantitative estimate of drug-likeness (QED) is 0.588. The first-order valence-electron chi connectivity index (χ1n) is 4.83. The molecule has 5 heteroatoms. The van der Waals surface area contributed by atoms with Crippen molar-refractivity contribution < 1.29 is 14.7 Å². The van der Waals surface area contributed by atoms with Crippen molar-refractivity contribution in [3.8, 4) is 0 Å². The molecular weight excluding hydrogens is 184 g/mol. The highest BCUT2D eigenvalue weighted by atomic mass is 16.4. The first kappa shape index (κ1) is 11.0. The van der Waals surface area contributed by atoms with Gasteiger partial charge in [-0.05, 0) is 25.7 Å². The average Bonchev–Trinajstić information content (AvgIpc) is 2.08. The first-order chi connectivity index (χ1) is 6.52. The van der Waals surface area contributed by atoms with Gasteiger partial charge in [0, 0.05) is 0 Å². The molecule has 0 bridgehead atoms. The number of nitrogens with one attached hydrogen (secondary N) is 1. The summed E-state index contributed by atoms with van der Waals surface area (Å²) in [5, 5.41) is 11.4. The minimum absolute atomic E-state index is 0.366. The highest BCUT2D eigenvalue weighted by Crippen LogP contribution is 2.32. The van der Waals surface area contributed by atoms with E-state index < -0.39 is 17.6 Å². The molecule has 80 valence electrons. The van der Waals surface area contributed by atoms with Gasteiger partial charge in [0.1, 0.15) is 5.54 Å². The number of carbonyl (C=O) groups is 2. The number of carboxylic acids is 1. The monoisotopic (exact) mass is 200 g/mol. The van der Waals surface area contributed by atoms with Gasteiger partial charge >= 0.3 is 5.97 Å². The van der Waals surface area contributed by atoms with Gasteiger partial charge in [0.25, 0.3) is 0 Å². The Morgan fingerprint density at radius 2 is 2.14 bits per heavy atom. The lowest BCUT2D eigenvalue weighted by Gasteiger charge is -2.38. The van der Waals surface area contributed by atoms with Crippen molar-refractivity contribution in [1.82, 2.24) is 5.32 Å². The summed E-state index contributed by atoms with van der Waals surface area (Å²) < 4.78 is 0. The molecule has 0 aromatic carbocycles. The van der Waals surface area contributed by atoms with Crippen molar-refractivity contribution >= 4 is 11.9 Å². The highest BCUT2D eigenvalue weighted by molar-refractivity contribution is 5.90. The predicted octanol–water partition coefficient (Wildman–Crippen LogP) is -0.153. The van der Waals surface area contributed by atoms with Crippen LogP contribution in [0.15, 0.2) is 0 Å². The average molecular weight is 200 g/mol. The molecule has 0 heterocycles. The summed E-state index contributed by atoms with van der Waals surface area (Å²) in [5.74, 6) is -1.32. The maximum absolute atomic E-state index is 11.4. The Hall–Kier alpha value is -1.10. The zero-order chi connectivity index (χ0) is 10.8. The fourth-order valence-electron chi connectivity index (χ4n) is 1.44. The van der Waals surface area contributed by atoms with Gasteiger partial charge in [-0.25, -0.2) is 4.79 Å². The predicted molar refractivity (Wildman–Crippen MR) is 50.6 cm³/mol. The summed E-state index contributed by atoms with van der Waals surface area (Å²) in [6.07, 6.45) is 2.37. The Labute approximate surface area is 82.7 Å². The summed E-state index contributed by atoms with van der Waals surface area (Å²) in [5.41, 5.74) is 4.46. The van der Waals surface area contributed by atoms with E-state index in [1.807, 2.05) is 0 Å². The number of amides is 1. The van der Waals surface area contributed by atoms with Crippen molar-refractivity contribution in [1.29, 1.82) is 0 Å². The maximum Gasteiger partial charge on any atom is 0.329 e. The van der Waals surface area contributed by atoms with E-state index in [1.54, 1.807) is 6.92 Å². The Morgan fingerprint density at radius 1 is 1.57 bits per heavy atom. The molecule has 1 fully saturated rings. The molecule has 0 aliphatic heterocycles. The Morgan fingerprint density at radius 3 is 2.43 bits per heavy atom. The van der Waals surface area contributed by atoms with Gasteiger partial charge in [-0.2, -0.15) is 0 Å². The molecule has 0 aromatic heterocycles. The lowest BCUT2D eigenvalue weighted by atomic mass is 9.76. The van der Waals surface area contributed by atoms with E-state index >= 15 is 0 Å². The fraction of sp³-hybridized carbons (Fsp3) is 0.778. The van der Waals surface area contributed by atoms with Crippen molar-refractivity contribution in [3.63, 3.8) is 0 Å². The fourth-order valence-corrected chi connectivity index (χ4v) is 1.44. The number of hydrogen-bond donors (Lipinski definition) is 3. The van der Waals surface area contributed by atoms with Gasteiger partial charge in [-0.15, -0.1) is 0 Å². The van der Waals surface area contributed by atoms with E-state index in [1.165, 1.54) is 0 Å². The third-order valence-corrected chi connectivity index (χ3v) is 2.76. The molecule has 5 nitrogen and oxygen atoms in total. The Balaban J connectivity index is 2.57. The van der Waals surface area contributed by atoms with Crippen LogP contribution in [0, 0.1) is 0 Å². The normalized spacial score (nSPS) is 20.7. The van der Waals surface area contributed by atoms with Crippen LogP contribution in [0.25, 0.3) is 0 Å². The molecular formula is C9H16N2O3. The number of rotatable bonds is 4. The summed E-state index contributed by atoms with van der Waals surface area (Å²) in [7, 11) is 0. The molecule has 14 heavy (non-hydrogen) atoms. The van der Waals surface area contributed by atoms with Crippen LogP contribution in [0.1, 0.15) is 32.6 Å². The second-order valence-electron chi connectivity index (χ2n) is 3.74. The molecule has 1 atom stereocenters. The number of carboxylic acid groups (broad SMARTS) is 1. The van der Waals surface area contributed by atoms with Crippen molar-refractivity contribution in [2.24, 2.45) is 5.73 Å². The third-order valence-electron chi connectivity index (χ3n) is 2.76. The van der Waals surface area contributed by atoms with Crippen LogP contribution in [0.4, 0.5) is 0 Å². The van der Waals surface area contributed by atoms with Crippen LogP contribution in [-0.2, 0) is 9.59 Å². The van der Waals surface area contributed by atoms with Crippen LogP contribution in [0.2, 0.25) is 0 Å². The topological polar surface area (TPSA) is 92.4 Å². The van der Waals surface area contributed by atoms with Gasteiger partial charge in [0.15, 0.2) is 0 Å². The molecule has 1 aliphatic carbocycles. The summed E-state index contributed by atoms with van der Waals surface area (Å²) >= 11 is 0. The molecule has 1 aliphatic rings. The van der Waals surface area contributed by atoms with E-state index in [2.05, 4.69) is 5.32 Å². The molecule has 0 radical (unpaired) electrons. The van der Waals surface area contributed by atoms with E-state index in [0.29, 0.717) is 19.3 Å². The molecule has 0 unspecified atom stereocenters. The lowest BCUT2D eigenvalue weighted by Crippen LogP contribution is -2.61. The van der Waals surface area contributed by atoms with E-state index in [4.69, 9.17) is 10.8 Å². The van der Waals surface area contributed by atoms with Crippen molar-refractivity contribution in [2.45, 2.75) is 44.2 Å². The number of hydrogen-bond acceptors (Lipinski definition) is 3. The summed E-state index contributed by atoms with van der Waals surface area (Å²) in [6, 6.07) is -0.605. The van der Waals surface area contributed by atoms with Crippen LogP contribution in [0.5, 0.6) is 0 Å². The summed E-state index contributed by atoms with van der Waals surface area (Å²) in [6.45, 7) is 1.79. The molecule has 0 saturated heterocycles. The van der Waals surface area contributed by atoms with E-state index in [9.17, 15) is 9.59 Å². The van der Waals surface area contributed by atoms with Crippen molar-refractivity contribution in [3.05, 3.63) is 0 Å². The van der Waals surface area contributed by atoms with Gasteiger partial charge < -0.3 is 16.2 Å². The summed E-state index contributed by atoms with van der Waals surface area (Å²) in [4.78, 5) is 22.3. The van der Waals surface area contributed by atoms with Crippen LogP contribution < -0.4 is 11.1 Å². The maximum atomic E-state index is 11.4. The van der Waals surface area contributed by atoms with Gasteiger partial charge in [0.05, 0.1) is 6.04 Å². The Bertz CT molecular complexity index is 248. The van der Waals surface area contributed by atoms with Crippen molar-refractivity contribution in [2.75, 3.05) is 0 Å². The SMILES string of the molecule is CC[C@H](N)C(=O)NC1(C(=O)O)CCC1.